The molecule has 2 fully saturated rings. The largest absolute Gasteiger partial charge is 0.396 e. The summed E-state index contributed by atoms with van der Waals surface area (Å²) in [6.07, 6.45) is 6.59. The predicted molar refractivity (Wildman–Crippen MR) is 71.1 cm³/mol. The fourth-order valence-corrected chi connectivity index (χ4v) is 3.24. The van der Waals surface area contributed by atoms with Crippen molar-refractivity contribution < 1.29 is 5.11 Å². The first-order valence-corrected chi connectivity index (χ1v) is 7.40. The summed E-state index contributed by atoms with van der Waals surface area (Å²) in [5, 5.41) is 9.18. The van der Waals surface area contributed by atoms with Gasteiger partial charge in [-0.2, -0.15) is 0 Å². The Labute approximate surface area is 106 Å². The Hall–Kier alpha value is -0.120. The van der Waals surface area contributed by atoms with Crippen molar-refractivity contribution in [3.05, 3.63) is 0 Å². The fraction of sp³-hybridized carbons (Fsp3) is 1.00. The Kier molecular flexibility index (Phi) is 5.26. The predicted octanol–water partition coefficient (Wildman–Crippen LogP) is 1.57. The number of nitrogens with zero attached hydrogens (tertiary/aromatic N) is 2. The molecule has 2 atom stereocenters. The summed E-state index contributed by atoms with van der Waals surface area (Å²) in [4.78, 5) is 5.24. The second-order valence-electron chi connectivity index (χ2n) is 5.78. The zero-order valence-corrected chi connectivity index (χ0v) is 11.3. The van der Waals surface area contributed by atoms with E-state index in [2.05, 4.69) is 16.7 Å². The maximum absolute atomic E-state index is 9.18. The maximum atomic E-state index is 9.18. The van der Waals surface area contributed by atoms with Gasteiger partial charge < -0.3 is 10.0 Å². The average Bonchev–Trinajstić information content (AvgIpc) is 2.97. The van der Waals surface area contributed by atoms with E-state index in [4.69, 9.17) is 0 Å². The van der Waals surface area contributed by atoms with E-state index in [9.17, 15) is 5.11 Å². The smallest absolute Gasteiger partial charge is 0.0471 e. The molecule has 0 aliphatic carbocycles. The van der Waals surface area contributed by atoms with E-state index in [1.807, 2.05) is 0 Å². The van der Waals surface area contributed by atoms with Gasteiger partial charge in [0.25, 0.3) is 0 Å². The first kappa shape index (κ1) is 13.3. The number of likely N-dealkylation sites (tertiary alicyclic amines) is 2. The Morgan fingerprint density at radius 2 is 2.00 bits per heavy atom. The molecule has 0 saturated carbocycles. The van der Waals surface area contributed by atoms with Gasteiger partial charge in [0.15, 0.2) is 0 Å². The first-order valence-electron chi connectivity index (χ1n) is 7.40. The van der Waals surface area contributed by atoms with Crippen LogP contribution in [-0.4, -0.2) is 60.3 Å². The molecule has 0 amide bonds. The molecule has 3 nitrogen and oxygen atoms in total. The minimum absolute atomic E-state index is 0.378. The van der Waals surface area contributed by atoms with Crippen LogP contribution >= 0.6 is 0 Å². The van der Waals surface area contributed by atoms with Gasteiger partial charge in [-0.1, -0.05) is 19.8 Å². The minimum Gasteiger partial charge on any atom is -0.396 e. The molecule has 2 saturated heterocycles. The van der Waals surface area contributed by atoms with Crippen LogP contribution in [0.2, 0.25) is 0 Å². The van der Waals surface area contributed by atoms with Crippen molar-refractivity contribution in [2.24, 2.45) is 5.92 Å². The summed E-state index contributed by atoms with van der Waals surface area (Å²) < 4.78 is 0. The molecular weight excluding hydrogens is 212 g/mol. The lowest BCUT2D eigenvalue weighted by molar-refractivity contribution is 0.195. The molecule has 0 spiro atoms. The molecule has 0 bridgehead atoms. The molecule has 2 aliphatic rings. The van der Waals surface area contributed by atoms with Crippen molar-refractivity contribution in [3.8, 4) is 0 Å². The van der Waals surface area contributed by atoms with E-state index in [0.29, 0.717) is 12.5 Å². The van der Waals surface area contributed by atoms with E-state index in [1.165, 1.54) is 58.3 Å². The molecule has 1 N–H and O–H groups in total. The van der Waals surface area contributed by atoms with Crippen molar-refractivity contribution >= 4 is 0 Å². The Morgan fingerprint density at radius 3 is 2.71 bits per heavy atom. The maximum Gasteiger partial charge on any atom is 0.0471 e. The highest BCUT2D eigenvalue weighted by atomic mass is 16.3. The van der Waals surface area contributed by atoms with Crippen LogP contribution in [0.4, 0.5) is 0 Å². The van der Waals surface area contributed by atoms with E-state index in [0.717, 1.165) is 12.6 Å². The SMILES string of the molecule is CCCCCN1CCC(N2CCC(CO)C2)C1. The second-order valence-corrected chi connectivity index (χ2v) is 5.78. The molecule has 17 heavy (non-hydrogen) atoms. The van der Waals surface area contributed by atoms with Crippen LogP contribution in [0.1, 0.15) is 39.0 Å². The first-order chi connectivity index (χ1) is 8.33. The van der Waals surface area contributed by atoms with Gasteiger partial charge in [-0.25, -0.2) is 0 Å². The number of unbranched alkanes of at least 4 members (excludes halogenated alkanes) is 2. The lowest BCUT2D eigenvalue weighted by Crippen LogP contribution is -2.36. The van der Waals surface area contributed by atoms with E-state index >= 15 is 0 Å². The fourth-order valence-electron chi connectivity index (χ4n) is 3.24. The van der Waals surface area contributed by atoms with Gasteiger partial charge in [-0.05, 0) is 44.8 Å². The van der Waals surface area contributed by atoms with Crippen LogP contribution in [0.15, 0.2) is 0 Å². The molecule has 0 aromatic heterocycles. The Morgan fingerprint density at radius 1 is 1.12 bits per heavy atom. The monoisotopic (exact) mass is 240 g/mol. The lowest BCUT2D eigenvalue weighted by Gasteiger charge is -2.24. The van der Waals surface area contributed by atoms with Crippen molar-refractivity contribution in [2.45, 2.75) is 45.1 Å². The highest BCUT2D eigenvalue weighted by molar-refractivity contribution is 4.87. The standard InChI is InChI=1S/C14H28N2O/c1-2-3-4-7-15-8-6-14(11-15)16-9-5-13(10-16)12-17/h13-14,17H,2-12H2,1H3. The van der Waals surface area contributed by atoms with Crippen LogP contribution in [0.3, 0.4) is 0 Å². The van der Waals surface area contributed by atoms with E-state index in [1.54, 1.807) is 0 Å². The van der Waals surface area contributed by atoms with Crippen LogP contribution in [0.5, 0.6) is 0 Å². The molecule has 2 unspecified atom stereocenters. The van der Waals surface area contributed by atoms with Crippen molar-refractivity contribution in [1.82, 2.24) is 9.80 Å². The molecule has 100 valence electrons. The third kappa shape index (κ3) is 3.67. The molecule has 0 aromatic rings. The van der Waals surface area contributed by atoms with Gasteiger partial charge >= 0.3 is 0 Å². The summed E-state index contributed by atoms with van der Waals surface area (Å²) in [6, 6.07) is 0.771. The van der Waals surface area contributed by atoms with Gasteiger partial charge in [0.2, 0.25) is 0 Å². The summed E-state index contributed by atoms with van der Waals surface area (Å²) in [6.45, 7) is 8.83. The molecule has 0 radical (unpaired) electrons. The highest BCUT2D eigenvalue weighted by Gasteiger charge is 2.32. The molecule has 3 heteroatoms. The van der Waals surface area contributed by atoms with Gasteiger partial charge in [0, 0.05) is 25.7 Å². The summed E-state index contributed by atoms with van der Waals surface area (Å²) in [5.41, 5.74) is 0. The quantitative estimate of drug-likeness (QED) is 0.714. The average molecular weight is 240 g/mol. The zero-order chi connectivity index (χ0) is 12.1. The normalized spacial score (nSPS) is 31.4. The molecule has 0 aromatic carbocycles. The molecule has 2 aliphatic heterocycles. The molecule has 2 rings (SSSR count). The van der Waals surface area contributed by atoms with Gasteiger partial charge in [0.05, 0.1) is 0 Å². The Bertz CT molecular complexity index is 222. The Balaban J connectivity index is 1.67. The van der Waals surface area contributed by atoms with Crippen LogP contribution in [0.25, 0.3) is 0 Å². The number of hydrogen-bond donors (Lipinski definition) is 1. The van der Waals surface area contributed by atoms with Crippen LogP contribution in [-0.2, 0) is 0 Å². The van der Waals surface area contributed by atoms with E-state index < -0.39 is 0 Å². The zero-order valence-electron chi connectivity index (χ0n) is 11.3. The van der Waals surface area contributed by atoms with Crippen molar-refractivity contribution in [3.63, 3.8) is 0 Å². The lowest BCUT2D eigenvalue weighted by atomic mass is 10.1. The number of hydrogen-bond acceptors (Lipinski definition) is 3. The summed E-state index contributed by atoms with van der Waals surface area (Å²) >= 11 is 0. The highest BCUT2D eigenvalue weighted by Crippen LogP contribution is 2.23. The minimum atomic E-state index is 0.378. The number of rotatable bonds is 6. The van der Waals surface area contributed by atoms with Gasteiger partial charge in [-0.15, -0.1) is 0 Å². The third-order valence-electron chi connectivity index (χ3n) is 4.42. The van der Waals surface area contributed by atoms with Crippen molar-refractivity contribution in [2.75, 3.05) is 39.3 Å². The van der Waals surface area contributed by atoms with Gasteiger partial charge in [-0.3, -0.25) is 4.90 Å². The third-order valence-corrected chi connectivity index (χ3v) is 4.42. The number of aliphatic hydroxyl groups excluding tert-OH is 1. The number of aliphatic hydroxyl groups is 1. The summed E-state index contributed by atoms with van der Waals surface area (Å²) in [7, 11) is 0. The van der Waals surface area contributed by atoms with Crippen molar-refractivity contribution in [1.29, 1.82) is 0 Å². The summed E-state index contributed by atoms with van der Waals surface area (Å²) in [5.74, 6) is 0.546. The topological polar surface area (TPSA) is 26.7 Å². The molecule has 2 heterocycles. The van der Waals surface area contributed by atoms with E-state index in [-0.39, 0.29) is 0 Å². The van der Waals surface area contributed by atoms with Crippen LogP contribution < -0.4 is 0 Å². The van der Waals surface area contributed by atoms with Gasteiger partial charge in [0.1, 0.15) is 0 Å². The second kappa shape index (κ2) is 6.72. The molecular formula is C14H28N2O. The van der Waals surface area contributed by atoms with Crippen LogP contribution in [0, 0.1) is 5.92 Å².